The van der Waals surface area contributed by atoms with Gasteiger partial charge in [-0.25, -0.2) is 0 Å². The Morgan fingerprint density at radius 1 is 1.00 bits per heavy atom. The molecule has 1 unspecified atom stereocenters. The lowest BCUT2D eigenvalue weighted by Crippen LogP contribution is -2.31. The van der Waals surface area contributed by atoms with Crippen LogP contribution >= 0.6 is 11.6 Å². The van der Waals surface area contributed by atoms with Crippen LogP contribution in [0.25, 0.3) is 0 Å². The van der Waals surface area contributed by atoms with E-state index < -0.39 is 0 Å². The van der Waals surface area contributed by atoms with Crippen molar-refractivity contribution in [3.63, 3.8) is 0 Å². The molecule has 0 bridgehead atoms. The first-order valence-electron chi connectivity index (χ1n) is 7.12. The monoisotopic (exact) mass is 286 g/mol. The van der Waals surface area contributed by atoms with Gasteiger partial charge in [-0.2, -0.15) is 0 Å². The Morgan fingerprint density at radius 2 is 1.75 bits per heavy atom. The van der Waals surface area contributed by atoms with E-state index in [-0.39, 0.29) is 0 Å². The van der Waals surface area contributed by atoms with Crippen LogP contribution in [-0.4, -0.2) is 19.6 Å². The van der Waals surface area contributed by atoms with Crippen LogP contribution in [0.1, 0.15) is 18.0 Å². The number of anilines is 1. The maximum Gasteiger partial charge on any atom is 0.0498 e. The Morgan fingerprint density at radius 3 is 2.50 bits per heavy atom. The maximum absolute atomic E-state index is 5.98. The highest BCUT2D eigenvalue weighted by Crippen LogP contribution is 2.23. The molecular weight excluding hydrogens is 268 g/mol. The van der Waals surface area contributed by atoms with Crippen molar-refractivity contribution in [1.82, 2.24) is 5.32 Å². The van der Waals surface area contributed by atoms with Gasteiger partial charge in [-0.3, -0.25) is 0 Å². The number of hydrogen-bond acceptors (Lipinski definition) is 2. The van der Waals surface area contributed by atoms with Gasteiger partial charge in [0.05, 0.1) is 0 Å². The summed E-state index contributed by atoms with van der Waals surface area (Å²) < 4.78 is 0. The van der Waals surface area contributed by atoms with Crippen LogP contribution in [0.4, 0.5) is 5.69 Å². The number of hydrogen-bond donors (Lipinski definition) is 1. The van der Waals surface area contributed by atoms with E-state index in [0.717, 1.165) is 31.1 Å². The van der Waals surface area contributed by atoms with Crippen LogP contribution < -0.4 is 10.2 Å². The lowest BCUT2D eigenvalue weighted by Gasteiger charge is -2.26. The highest BCUT2D eigenvalue weighted by atomic mass is 35.5. The lowest BCUT2D eigenvalue weighted by atomic mass is 10.1. The van der Waals surface area contributed by atoms with Crippen molar-refractivity contribution in [2.24, 2.45) is 0 Å². The first-order chi connectivity index (χ1) is 9.83. The van der Waals surface area contributed by atoms with E-state index in [4.69, 9.17) is 11.6 Å². The van der Waals surface area contributed by atoms with Crippen LogP contribution in [0.15, 0.2) is 54.6 Å². The fourth-order valence-electron chi connectivity index (χ4n) is 2.72. The Hall–Kier alpha value is -1.51. The molecular formula is C17H19ClN2. The van der Waals surface area contributed by atoms with Crippen LogP contribution in [0.2, 0.25) is 5.02 Å². The minimum absolute atomic E-state index is 0.384. The molecule has 0 aromatic heterocycles. The summed E-state index contributed by atoms with van der Waals surface area (Å²) in [6.07, 6.45) is 1.16. The smallest absolute Gasteiger partial charge is 0.0498 e. The zero-order chi connectivity index (χ0) is 13.8. The summed E-state index contributed by atoms with van der Waals surface area (Å²) in [7, 11) is 0. The molecule has 0 amide bonds. The second-order valence-corrected chi connectivity index (χ2v) is 5.63. The number of rotatable bonds is 2. The number of nitrogens with zero attached hydrogens (tertiary/aromatic N) is 1. The van der Waals surface area contributed by atoms with E-state index in [0.29, 0.717) is 6.04 Å². The quantitative estimate of drug-likeness (QED) is 0.901. The van der Waals surface area contributed by atoms with E-state index in [1.54, 1.807) is 0 Å². The van der Waals surface area contributed by atoms with Crippen molar-refractivity contribution in [3.05, 3.63) is 65.2 Å². The van der Waals surface area contributed by atoms with Crippen LogP contribution in [0, 0.1) is 0 Å². The summed E-state index contributed by atoms with van der Waals surface area (Å²) in [6.45, 7) is 3.13. The highest BCUT2D eigenvalue weighted by Gasteiger charge is 2.19. The van der Waals surface area contributed by atoms with Crippen molar-refractivity contribution < 1.29 is 0 Å². The molecule has 1 heterocycles. The van der Waals surface area contributed by atoms with Gasteiger partial charge in [0.15, 0.2) is 0 Å². The summed E-state index contributed by atoms with van der Waals surface area (Å²) in [4.78, 5) is 2.44. The van der Waals surface area contributed by atoms with Crippen molar-refractivity contribution in [2.45, 2.75) is 12.5 Å². The summed E-state index contributed by atoms with van der Waals surface area (Å²) in [6, 6.07) is 19.2. The van der Waals surface area contributed by atoms with Gasteiger partial charge in [0, 0.05) is 29.8 Å². The second kappa shape index (κ2) is 6.29. The maximum atomic E-state index is 5.98. The van der Waals surface area contributed by atoms with Gasteiger partial charge in [-0.1, -0.05) is 41.9 Å². The average molecular weight is 287 g/mol. The van der Waals surface area contributed by atoms with Crippen molar-refractivity contribution in [3.8, 4) is 0 Å². The van der Waals surface area contributed by atoms with Crippen molar-refractivity contribution in [2.75, 3.05) is 24.5 Å². The second-order valence-electron chi connectivity index (χ2n) is 5.19. The van der Waals surface area contributed by atoms with Crippen molar-refractivity contribution >= 4 is 17.3 Å². The van der Waals surface area contributed by atoms with E-state index >= 15 is 0 Å². The fraction of sp³-hybridized carbons (Fsp3) is 0.294. The van der Waals surface area contributed by atoms with E-state index in [2.05, 4.69) is 52.7 Å². The average Bonchev–Trinajstić information content (AvgIpc) is 2.75. The molecule has 0 saturated carbocycles. The predicted octanol–water partition coefficient (Wildman–Crippen LogP) is 3.88. The van der Waals surface area contributed by atoms with E-state index in [1.165, 1.54) is 11.3 Å². The lowest BCUT2D eigenvalue weighted by molar-refractivity contribution is 0.570. The largest absolute Gasteiger partial charge is 0.370 e. The molecule has 0 spiro atoms. The molecule has 0 radical (unpaired) electrons. The summed E-state index contributed by atoms with van der Waals surface area (Å²) in [5.41, 5.74) is 2.60. The number of benzene rings is 2. The summed E-state index contributed by atoms with van der Waals surface area (Å²) in [5, 5.41) is 4.43. The third kappa shape index (κ3) is 3.14. The van der Waals surface area contributed by atoms with Gasteiger partial charge < -0.3 is 10.2 Å². The molecule has 0 aliphatic carbocycles. The molecule has 20 heavy (non-hydrogen) atoms. The highest BCUT2D eigenvalue weighted by molar-refractivity contribution is 6.30. The molecule has 1 aliphatic rings. The zero-order valence-electron chi connectivity index (χ0n) is 11.4. The summed E-state index contributed by atoms with van der Waals surface area (Å²) in [5.74, 6) is 0. The van der Waals surface area contributed by atoms with Gasteiger partial charge in [-0.15, -0.1) is 0 Å². The van der Waals surface area contributed by atoms with Gasteiger partial charge in [-0.05, 0) is 42.8 Å². The van der Waals surface area contributed by atoms with Gasteiger partial charge >= 0.3 is 0 Å². The Balaban J connectivity index is 1.80. The minimum Gasteiger partial charge on any atom is -0.370 e. The molecule has 3 rings (SSSR count). The van der Waals surface area contributed by atoms with Crippen LogP contribution in [0.5, 0.6) is 0 Å². The molecule has 2 aromatic rings. The molecule has 2 aromatic carbocycles. The Labute approximate surface area is 125 Å². The van der Waals surface area contributed by atoms with Gasteiger partial charge in [0.25, 0.3) is 0 Å². The molecule has 3 heteroatoms. The van der Waals surface area contributed by atoms with E-state index in [1.807, 2.05) is 12.1 Å². The normalized spacial score (nSPS) is 19.6. The molecule has 2 nitrogen and oxygen atoms in total. The molecule has 1 N–H and O–H groups in total. The topological polar surface area (TPSA) is 15.3 Å². The molecule has 104 valence electrons. The molecule has 1 saturated heterocycles. The van der Waals surface area contributed by atoms with Crippen molar-refractivity contribution in [1.29, 1.82) is 0 Å². The summed E-state index contributed by atoms with van der Waals surface area (Å²) >= 11 is 5.98. The minimum atomic E-state index is 0.384. The first kappa shape index (κ1) is 13.5. The predicted molar refractivity (Wildman–Crippen MR) is 85.5 cm³/mol. The van der Waals surface area contributed by atoms with E-state index in [9.17, 15) is 0 Å². The zero-order valence-corrected chi connectivity index (χ0v) is 12.2. The number of nitrogens with one attached hydrogen (secondary N) is 1. The Bertz CT molecular complexity index is 539. The van der Waals surface area contributed by atoms with Crippen LogP contribution in [0.3, 0.4) is 0 Å². The first-order valence-corrected chi connectivity index (χ1v) is 7.49. The third-order valence-corrected chi connectivity index (χ3v) is 4.04. The third-order valence-electron chi connectivity index (χ3n) is 3.79. The van der Waals surface area contributed by atoms with Gasteiger partial charge in [0.1, 0.15) is 0 Å². The molecule has 1 aliphatic heterocycles. The molecule has 1 fully saturated rings. The molecule has 1 atom stereocenters. The fourth-order valence-corrected chi connectivity index (χ4v) is 2.84. The SMILES string of the molecule is Clc1ccc(N2CCCNC(c3ccccc3)C2)cc1. The standard InChI is InChI=1S/C17H19ClN2/c18-15-7-9-16(10-8-15)20-12-4-11-19-17(13-20)14-5-2-1-3-6-14/h1-3,5-10,17,19H,4,11-13H2. The number of halogens is 1. The van der Waals surface area contributed by atoms with Gasteiger partial charge in [0.2, 0.25) is 0 Å². The van der Waals surface area contributed by atoms with Crippen LogP contribution in [-0.2, 0) is 0 Å². The Kier molecular flexibility index (Phi) is 4.24.